The summed E-state index contributed by atoms with van der Waals surface area (Å²) < 4.78 is 0. The van der Waals surface area contributed by atoms with Crippen molar-refractivity contribution in [3.63, 3.8) is 0 Å². The number of fused-ring (bicyclic) bond motifs is 1. The lowest BCUT2D eigenvalue weighted by atomic mass is 9.49. The maximum absolute atomic E-state index is 12.3. The molecule has 0 saturated carbocycles. The normalized spacial score (nSPS) is 29.5. The molecular weight excluding hydrogens is 302 g/mol. The molecule has 0 fully saturated rings. The number of hydrogen-bond acceptors (Lipinski definition) is 2. The first kappa shape index (κ1) is 14.9. The lowest BCUT2D eigenvalue weighted by Crippen LogP contribution is -2.66. The fourth-order valence-corrected chi connectivity index (χ4v) is 4.88. The summed E-state index contributed by atoms with van der Waals surface area (Å²) in [6, 6.07) is 16.0. The lowest BCUT2D eigenvalue weighted by molar-refractivity contribution is -0.150. The molecular formula is C20H19NO3. The van der Waals surface area contributed by atoms with Crippen molar-refractivity contribution >= 4 is 11.9 Å². The fraction of sp³-hybridized carbons (Fsp3) is 0.300. The van der Waals surface area contributed by atoms with E-state index in [1.165, 1.54) is 6.92 Å². The van der Waals surface area contributed by atoms with E-state index >= 15 is 0 Å². The molecule has 2 N–H and O–H groups in total. The van der Waals surface area contributed by atoms with E-state index in [0.717, 1.165) is 22.3 Å². The van der Waals surface area contributed by atoms with Gasteiger partial charge in [-0.2, -0.15) is 0 Å². The van der Waals surface area contributed by atoms with Gasteiger partial charge in [0.2, 0.25) is 5.91 Å². The number of amides is 1. The molecule has 0 spiro atoms. The number of hydrogen-bond donors (Lipinski definition) is 2. The van der Waals surface area contributed by atoms with Gasteiger partial charge in [-0.15, -0.1) is 0 Å². The van der Waals surface area contributed by atoms with Gasteiger partial charge in [0, 0.05) is 18.3 Å². The number of nitrogens with one attached hydrogen (secondary N) is 1. The molecule has 4 nitrogen and oxygen atoms in total. The smallest absolute Gasteiger partial charge is 0.330 e. The van der Waals surface area contributed by atoms with Crippen molar-refractivity contribution in [2.24, 2.45) is 0 Å². The van der Waals surface area contributed by atoms with Crippen LogP contribution in [0.15, 0.2) is 48.5 Å². The highest BCUT2D eigenvalue weighted by Gasteiger charge is 2.61. The van der Waals surface area contributed by atoms with Crippen molar-refractivity contribution in [2.45, 2.75) is 37.1 Å². The van der Waals surface area contributed by atoms with Gasteiger partial charge in [0.1, 0.15) is 5.54 Å². The average Bonchev–Trinajstić information content (AvgIpc) is 2.54. The molecule has 0 saturated heterocycles. The topological polar surface area (TPSA) is 66.4 Å². The molecule has 3 aliphatic carbocycles. The monoisotopic (exact) mass is 321 g/mol. The fourth-order valence-electron chi connectivity index (χ4n) is 4.88. The molecule has 0 aromatic heterocycles. The molecule has 2 bridgehead atoms. The van der Waals surface area contributed by atoms with Crippen LogP contribution in [0.4, 0.5) is 0 Å². The average molecular weight is 321 g/mol. The number of benzene rings is 2. The van der Waals surface area contributed by atoms with E-state index < -0.39 is 16.9 Å². The zero-order valence-electron chi connectivity index (χ0n) is 13.7. The van der Waals surface area contributed by atoms with E-state index in [1.54, 1.807) is 0 Å². The Hall–Kier alpha value is -2.62. The van der Waals surface area contributed by atoms with Crippen LogP contribution in [0.2, 0.25) is 0 Å². The van der Waals surface area contributed by atoms with E-state index in [9.17, 15) is 14.7 Å². The standard InChI is InChI=1S/C20H19NO3/c1-12(22)21-20(18(23)24)11-19(2)15-9-5-3-7-13(15)17(20)14-8-4-6-10-16(14)19/h3-10,17H,11H2,1-2H3,(H,21,22)(H,23,24). The molecule has 0 heterocycles. The van der Waals surface area contributed by atoms with Crippen molar-refractivity contribution in [1.29, 1.82) is 0 Å². The molecule has 5 rings (SSSR count). The minimum atomic E-state index is -1.32. The number of carboxylic acids is 1. The van der Waals surface area contributed by atoms with Crippen molar-refractivity contribution in [2.75, 3.05) is 0 Å². The maximum Gasteiger partial charge on any atom is 0.330 e. The van der Waals surface area contributed by atoms with Crippen molar-refractivity contribution in [3.8, 4) is 0 Å². The van der Waals surface area contributed by atoms with Crippen molar-refractivity contribution in [1.82, 2.24) is 5.32 Å². The van der Waals surface area contributed by atoms with Gasteiger partial charge in [-0.3, -0.25) is 4.79 Å². The molecule has 1 amide bonds. The molecule has 122 valence electrons. The van der Waals surface area contributed by atoms with Crippen LogP contribution < -0.4 is 5.32 Å². The summed E-state index contributed by atoms with van der Waals surface area (Å²) in [5, 5.41) is 12.9. The van der Waals surface area contributed by atoms with Crippen molar-refractivity contribution in [3.05, 3.63) is 70.8 Å². The van der Waals surface area contributed by atoms with Crippen LogP contribution >= 0.6 is 0 Å². The van der Waals surface area contributed by atoms with E-state index in [0.29, 0.717) is 6.42 Å². The van der Waals surface area contributed by atoms with E-state index in [2.05, 4.69) is 24.4 Å². The van der Waals surface area contributed by atoms with Crippen LogP contribution in [0.5, 0.6) is 0 Å². The third-order valence-electron chi connectivity index (χ3n) is 5.64. The van der Waals surface area contributed by atoms with Crippen LogP contribution in [-0.2, 0) is 15.0 Å². The van der Waals surface area contributed by atoms with Gasteiger partial charge >= 0.3 is 5.97 Å². The molecule has 0 radical (unpaired) electrons. The molecule has 3 aliphatic rings. The second-order valence-electron chi connectivity index (χ2n) is 7.07. The first-order valence-electron chi connectivity index (χ1n) is 8.11. The van der Waals surface area contributed by atoms with Crippen LogP contribution in [0.25, 0.3) is 0 Å². The van der Waals surface area contributed by atoms with Gasteiger partial charge in [0.25, 0.3) is 0 Å². The number of rotatable bonds is 2. The molecule has 2 aromatic carbocycles. The van der Waals surface area contributed by atoms with E-state index in [4.69, 9.17) is 0 Å². The van der Waals surface area contributed by atoms with Gasteiger partial charge in [0.15, 0.2) is 0 Å². The first-order valence-corrected chi connectivity index (χ1v) is 8.11. The highest BCUT2D eigenvalue weighted by Crippen LogP contribution is 2.60. The Bertz CT molecular complexity index is 825. The predicted octanol–water partition coefficient (Wildman–Crippen LogP) is 2.80. The molecule has 4 heteroatoms. The Labute approximate surface area is 140 Å². The molecule has 24 heavy (non-hydrogen) atoms. The Morgan fingerprint density at radius 3 is 2.00 bits per heavy atom. The van der Waals surface area contributed by atoms with Gasteiger partial charge in [-0.05, 0) is 28.7 Å². The van der Waals surface area contributed by atoms with Crippen LogP contribution in [0, 0.1) is 0 Å². The number of carbonyl (C=O) groups is 2. The van der Waals surface area contributed by atoms with Gasteiger partial charge < -0.3 is 10.4 Å². The summed E-state index contributed by atoms with van der Waals surface area (Å²) in [6.45, 7) is 3.46. The third kappa shape index (κ3) is 1.68. The van der Waals surface area contributed by atoms with E-state index in [-0.39, 0.29) is 11.8 Å². The maximum atomic E-state index is 12.3. The van der Waals surface area contributed by atoms with Crippen LogP contribution in [0.3, 0.4) is 0 Å². The SMILES string of the molecule is CC(=O)NC1(C(=O)O)CC2(C)c3ccccc3C1c1ccccc12. The van der Waals surface area contributed by atoms with Crippen molar-refractivity contribution < 1.29 is 14.7 Å². The Morgan fingerprint density at radius 1 is 1.04 bits per heavy atom. The molecule has 0 aliphatic heterocycles. The number of carboxylic acid groups (broad SMARTS) is 1. The molecule has 2 aromatic rings. The minimum absolute atomic E-state index is 0.316. The highest BCUT2D eigenvalue weighted by atomic mass is 16.4. The highest BCUT2D eigenvalue weighted by molar-refractivity contribution is 5.90. The second kappa shape index (κ2) is 4.69. The summed E-state index contributed by atoms with van der Waals surface area (Å²) >= 11 is 0. The van der Waals surface area contributed by atoms with Crippen LogP contribution in [0.1, 0.15) is 48.4 Å². The summed E-state index contributed by atoms with van der Waals surface area (Å²) in [5.74, 6) is -1.67. The van der Waals surface area contributed by atoms with Gasteiger partial charge in [0.05, 0.1) is 0 Å². The zero-order chi connectivity index (χ0) is 17.1. The zero-order valence-corrected chi connectivity index (χ0v) is 13.7. The quantitative estimate of drug-likeness (QED) is 0.894. The Kier molecular flexibility index (Phi) is 2.92. The summed E-state index contributed by atoms with van der Waals surface area (Å²) in [6.07, 6.45) is 0.355. The largest absolute Gasteiger partial charge is 0.479 e. The van der Waals surface area contributed by atoms with Gasteiger partial charge in [-0.1, -0.05) is 55.5 Å². The third-order valence-corrected chi connectivity index (χ3v) is 5.64. The molecule has 1 atom stereocenters. The van der Waals surface area contributed by atoms with Gasteiger partial charge in [-0.25, -0.2) is 4.79 Å². The summed E-state index contributed by atoms with van der Waals surface area (Å²) in [7, 11) is 0. The summed E-state index contributed by atoms with van der Waals surface area (Å²) in [4.78, 5) is 24.2. The lowest BCUT2D eigenvalue weighted by Gasteiger charge is -2.56. The van der Waals surface area contributed by atoms with E-state index in [1.807, 2.05) is 36.4 Å². The second-order valence-corrected chi connectivity index (χ2v) is 7.07. The summed E-state index contributed by atoms with van der Waals surface area (Å²) in [5.41, 5.74) is 2.57. The molecule has 1 unspecified atom stereocenters. The first-order chi connectivity index (χ1) is 11.4. The minimum Gasteiger partial charge on any atom is -0.479 e. The van der Waals surface area contributed by atoms with Crippen LogP contribution in [-0.4, -0.2) is 22.5 Å². The Balaban J connectivity index is 2.08. The predicted molar refractivity (Wildman–Crippen MR) is 90.0 cm³/mol. The number of aliphatic carboxylic acids is 1. The Morgan fingerprint density at radius 2 is 1.54 bits per heavy atom. The number of carbonyl (C=O) groups excluding carboxylic acids is 1.